The maximum Gasteiger partial charge on any atom is 0.0453 e. The predicted molar refractivity (Wildman–Crippen MR) is 79.1 cm³/mol. The first-order valence-electron chi connectivity index (χ1n) is 7.15. The van der Waals surface area contributed by atoms with Gasteiger partial charge >= 0.3 is 0 Å². The molecule has 0 bridgehead atoms. The summed E-state index contributed by atoms with van der Waals surface area (Å²) in [5.41, 5.74) is 1.75. The van der Waals surface area contributed by atoms with Gasteiger partial charge in [-0.25, -0.2) is 0 Å². The zero-order chi connectivity index (χ0) is 13.0. The van der Waals surface area contributed by atoms with Gasteiger partial charge in [0.25, 0.3) is 0 Å². The molecule has 1 N–H and O–H groups in total. The van der Waals surface area contributed by atoms with Crippen LogP contribution in [0.4, 0.5) is 0 Å². The SMILES string of the molecule is CCC1(CNC(C)c2ccccc2Cl)CCCC1. The smallest absolute Gasteiger partial charge is 0.0453 e. The molecule has 1 aliphatic carbocycles. The molecule has 2 heteroatoms. The Morgan fingerprint density at radius 1 is 1.28 bits per heavy atom. The molecule has 1 atom stereocenters. The first-order chi connectivity index (χ1) is 8.67. The van der Waals surface area contributed by atoms with E-state index in [0.29, 0.717) is 11.5 Å². The minimum Gasteiger partial charge on any atom is -0.310 e. The van der Waals surface area contributed by atoms with E-state index in [9.17, 15) is 0 Å². The molecule has 1 fully saturated rings. The summed E-state index contributed by atoms with van der Waals surface area (Å²) in [5, 5.41) is 4.56. The fourth-order valence-corrected chi connectivity index (χ4v) is 3.39. The van der Waals surface area contributed by atoms with Gasteiger partial charge in [0.2, 0.25) is 0 Å². The lowest BCUT2D eigenvalue weighted by atomic mass is 9.83. The second kappa shape index (κ2) is 6.08. The van der Waals surface area contributed by atoms with Crippen LogP contribution in [0, 0.1) is 5.41 Å². The van der Waals surface area contributed by atoms with Crippen molar-refractivity contribution in [2.75, 3.05) is 6.54 Å². The molecule has 1 nitrogen and oxygen atoms in total. The molecule has 18 heavy (non-hydrogen) atoms. The predicted octanol–water partition coefficient (Wildman–Crippen LogP) is 4.96. The average molecular weight is 266 g/mol. The number of rotatable bonds is 5. The maximum atomic E-state index is 6.24. The largest absolute Gasteiger partial charge is 0.310 e. The van der Waals surface area contributed by atoms with E-state index in [1.54, 1.807) is 0 Å². The van der Waals surface area contributed by atoms with Gasteiger partial charge in [-0.1, -0.05) is 49.6 Å². The molecule has 0 saturated heterocycles. The van der Waals surface area contributed by atoms with E-state index < -0.39 is 0 Å². The number of hydrogen-bond donors (Lipinski definition) is 1. The van der Waals surface area contributed by atoms with Gasteiger partial charge in [-0.05, 0) is 43.2 Å². The fourth-order valence-electron chi connectivity index (χ4n) is 3.09. The third-order valence-corrected chi connectivity index (χ3v) is 4.91. The lowest BCUT2D eigenvalue weighted by Gasteiger charge is -2.30. The third kappa shape index (κ3) is 3.07. The normalized spacial score (nSPS) is 19.9. The van der Waals surface area contributed by atoms with Crippen LogP contribution in [0.5, 0.6) is 0 Å². The van der Waals surface area contributed by atoms with Crippen molar-refractivity contribution in [3.05, 3.63) is 34.9 Å². The van der Waals surface area contributed by atoms with Crippen molar-refractivity contribution < 1.29 is 0 Å². The van der Waals surface area contributed by atoms with Gasteiger partial charge in [0.1, 0.15) is 0 Å². The van der Waals surface area contributed by atoms with Crippen molar-refractivity contribution in [2.45, 2.75) is 52.0 Å². The van der Waals surface area contributed by atoms with Gasteiger partial charge in [0.05, 0.1) is 0 Å². The lowest BCUT2D eigenvalue weighted by Crippen LogP contribution is -2.33. The topological polar surface area (TPSA) is 12.0 Å². The second-order valence-corrected chi connectivity index (χ2v) is 6.09. The van der Waals surface area contributed by atoms with Crippen LogP contribution in [-0.2, 0) is 0 Å². The van der Waals surface area contributed by atoms with Crippen molar-refractivity contribution >= 4 is 11.6 Å². The van der Waals surface area contributed by atoms with Crippen LogP contribution in [0.3, 0.4) is 0 Å². The zero-order valence-corrected chi connectivity index (χ0v) is 12.3. The van der Waals surface area contributed by atoms with Gasteiger partial charge < -0.3 is 5.32 Å². The highest BCUT2D eigenvalue weighted by Crippen LogP contribution is 2.40. The van der Waals surface area contributed by atoms with E-state index in [2.05, 4.69) is 31.3 Å². The lowest BCUT2D eigenvalue weighted by molar-refractivity contribution is 0.259. The summed E-state index contributed by atoms with van der Waals surface area (Å²) in [6, 6.07) is 8.48. The number of halogens is 1. The summed E-state index contributed by atoms with van der Waals surface area (Å²) in [6.07, 6.45) is 6.85. The summed E-state index contributed by atoms with van der Waals surface area (Å²) in [6.45, 7) is 5.66. The standard InChI is InChI=1S/C16H24ClN/c1-3-16(10-6-7-11-16)12-18-13(2)14-8-4-5-9-15(14)17/h4-5,8-9,13,18H,3,6-7,10-12H2,1-2H3. The number of nitrogens with one attached hydrogen (secondary N) is 1. The Morgan fingerprint density at radius 2 is 1.94 bits per heavy atom. The van der Waals surface area contributed by atoms with E-state index in [-0.39, 0.29) is 0 Å². The first-order valence-corrected chi connectivity index (χ1v) is 7.52. The van der Waals surface area contributed by atoms with Crippen LogP contribution in [0.25, 0.3) is 0 Å². The van der Waals surface area contributed by atoms with Crippen molar-refractivity contribution in [1.29, 1.82) is 0 Å². The van der Waals surface area contributed by atoms with Crippen molar-refractivity contribution in [1.82, 2.24) is 5.32 Å². The molecule has 1 saturated carbocycles. The third-order valence-electron chi connectivity index (χ3n) is 4.57. The Labute approximate surface area is 116 Å². The Hall–Kier alpha value is -0.530. The zero-order valence-electron chi connectivity index (χ0n) is 11.5. The van der Waals surface area contributed by atoms with E-state index >= 15 is 0 Å². The molecular formula is C16H24ClN. The van der Waals surface area contributed by atoms with Crippen molar-refractivity contribution in [3.8, 4) is 0 Å². The van der Waals surface area contributed by atoms with Crippen LogP contribution in [-0.4, -0.2) is 6.54 Å². The van der Waals surface area contributed by atoms with Gasteiger partial charge in [-0.15, -0.1) is 0 Å². The summed E-state index contributed by atoms with van der Waals surface area (Å²) in [4.78, 5) is 0. The minimum atomic E-state index is 0.336. The molecule has 1 unspecified atom stereocenters. The average Bonchev–Trinajstić information content (AvgIpc) is 2.86. The highest BCUT2D eigenvalue weighted by molar-refractivity contribution is 6.31. The van der Waals surface area contributed by atoms with Crippen molar-refractivity contribution in [2.24, 2.45) is 5.41 Å². The first kappa shape index (κ1) is 13.9. The highest BCUT2D eigenvalue weighted by Gasteiger charge is 2.31. The van der Waals surface area contributed by atoms with Crippen LogP contribution < -0.4 is 5.32 Å². The van der Waals surface area contributed by atoms with Crippen LogP contribution >= 0.6 is 11.6 Å². The molecule has 1 aromatic rings. The Morgan fingerprint density at radius 3 is 2.56 bits per heavy atom. The maximum absolute atomic E-state index is 6.24. The molecular weight excluding hydrogens is 242 g/mol. The molecule has 0 aromatic heterocycles. The van der Waals surface area contributed by atoms with Crippen LogP contribution in [0.1, 0.15) is 57.6 Å². The van der Waals surface area contributed by atoms with Crippen molar-refractivity contribution in [3.63, 3.8) is 0 Å². The Bertz CT molecular complexity index is 382. The minimum absolute atomic E-state index is 0.336. The number of hydrogen-bond acceptors (Lipinski definition) is 1. The van der Waals surface area contributed by atoms with E-state index in [0.717, 1.165) is 11.6 Å². The molecule has 0 aliphatic heterocycles. The molecule has 0 radical (unpaired) electrons. The molecule has 1 aromatic carbocycles. The summed E-state index contributed by atoms with van der Waals surface area (Å²) in [7, 11) is 0. The molecule has 0 heterocycles. The molecule has 100 valence electrons. The van der Waals surface area contributed by atoms with Crippen LogP contribution in [0.2, 0.25) is 5.02 Å². The molecule has 0 spiro atoms. The van der Waals surface area contributed by atoms with E-state index in [4.69, 9.17) is 11.6 Å². The quantitative estimate of drug-likeness (QED) is 0.793. The monoisotopic (exact) mass is 265 g/mol. The second-order valence-electron chi connectivity index (χ2n) is 5.68. The summed E-state index contributed by atoms with van der Waals surface area (Å²) in [5.74, 6) is 0. The van der Waals surface area contributed by atoms with E-state index in [1.165, 1.54) is 37.7 Å². The van der Waals surface area contributed by atoms with Gasteiger partial charge in [-0.2, -0.15) is 0 Å². The molecule has 2 rings (SSSR count). The van der Waals surface area contributed by atoms with Gasteiger partial charge in [0.15, 0.2) is 0 Å². The van der Waals surface area contributed by atoms with E-state index in [1.807, 2.05) is 12.1 Å². The Kier molecular flexibility index (Phi) is 4.69. The summed E-state index contributed by atoms with van der Waals surface area (Å²) >= 11 is 6.24. The fraction of sp³-hybridized carbons (Fsp3) is 0.625. The molecule has 0 amide bonds. The van der Waals surface area contributed by atoms with Crippen LogP contribution in [0.15, 0.2) is 24.3 Å². The Balaban J connectivity index is 1.96. The molecule has 1 aliphatic rings. The van der Waals surface area contributed by atoms with Gasteiger partial charge in [-0.3, -0.25) is 0 Å². The highest BCUT2D eigenvalue weighted by atomic mass is 35.5. The number of benzene rings is 1. The van der Waals surface area contributed by atoms with Gasteiger partial charge in [0, 0.05) is 17.6 Å². The summed E-state index contributed by atoms with van der Waals surface area (Å²) < 4.78 is 0.